The molecule has 0 bridgehead atoms. The molecule has 0 saturated carbocycles. The number of nitrogens with zero attached hydrogens (tertiary/aromatic N) is 6. The number of hydrogen-bond acceptors (Lipinski definition) is 11. The maximum absolute atomic E-state index is 13.6. The van der Waals surface area contributed by atoms with Crippen LogP contribution in [0.1, 0.15) is 75.4 Å². The van der Waals surface area contributed by atoms with Crippen LogP contribution in [0.15, 0.2) is 109 Å². The fourth-order valence-electron chi connectivity index (χ4n) is 7.22. The van der Waals surface area contributed by atoms with E-state index in [-0.39, 0.29) is 24.5 Å². The van der Waals surface area contributed by atoms with Crippen molar-refractivity contribution in [3.8, 4) is 22.9 Å². The van der Waals surface area contributed by atoms with E-state index in [4.69, 9.17) is 19.9 Å². The summed E-state index contributed by atoms with van der Waals surface area (Å²) in [7, 11) is 6.73. The quantitative estimate of drug-likeness (QED) is 0.0577. The minimum Gasteiger partial charge on any atom is -0.496 e. The summed E-state index contributed by atoms with van der Waals surface area (Å²) >= 11 is 0. The Morgan fingerprint density at radius 3 is 1.42 bits per heavy atom. The van der Waals surface area contributed by atoms with Gasteiger partial charge in [0.25, 0.3) is 11.8 Å². The molecule has 0 saturated heterocycles. The van der Waals surface area contributed by atoms with Crippen LogP contribution in [-0.2, 0) is 43.3 Å². The maximum Gasteiger partial charge on any atom is 0.435 e. The summed E-state index contributed by atoms with van der Waals surface area (Å²) in [5.41, 5.74) is 5.84. The number of rotatable bonds is 19. The van der Waals surface area contributed by atoms with Gasteiger partial charge in [-0.05, 0) is 82.4 Å². The summed E-state index contributed by atoms with van der Waals surface area (Å²) in [6.45, 7) is 8.45. The third kappa shape index (κ3) is 16.8. The van der Waals surface area contributed by atoms with Crippen molar-refractivity contribution >= 4 is 17.9 Å². The Bertz CT molecular complexity index is 2790. The van der Waals surface area contributed by atoms with Gasteiger partial charge in [0.15, 0.2) is 11.4 Å². The smallest absolute Gasteiger partial charge is 0.435 e. The van der Waals surface area contributed by atoms with E-state index in [0.717, 1.165) is 32.6 Å². The Labute approximate surface area is 419 Å². The minimum atomic E-state index is -4.73. The Morgan fingerprint density at radius 1 is 0.603 bits per heavy atom. The second-order valence-electron chi connectivity index (χ2n) is 17.7. The van der Waals surface area contributed by atoms with Crippen molar-refractivity contribution in [2.45, 2.75) is 64.9 Å². The largest absolute Gasteiger partial charge is 0.496 e. The van der Waals surface area contributed by atoms with Crippen molar-refractivity contribution in [1.82, 2.24) is 45.3 Å². The Kier molecular flexibility index (Phi) is 19.6. The SMILES string of the molecule is COc1ccccc1CNC(=O)c1cc(C(F)(F)F)nn1-c1cccc(CN(C)CCN)c1.COc1ccccc1CNC(=O)c1cc(C(F)(F)F)nn1-c1cccc(CN(C)CCNC(=O)OC(C)(C)C)c1. The molecule has 6 rings (SSSR count). The van der Waals surface area contributed by atoms with Crippen LogP contribution < -0.4 is 31.2 Å². The standard InChI is InChI=1S/C28H34F3N5O4.C23H26F3N5O2/c1-27(2,3)40-26(38)32-13-14-35(4)18-19-9-8-11-21(15-19)36-22(16-24(34-36)28(29,30)31)25(37)33-17-20-10-6-7-12-23(20)39-5;1-30(11-10-27)15-16-6-5-8-18(12-16)31-19(13-21(29-31)23(24,25)26)22(32)28-14-17-7-3-4-9-20(17)33-2/h6-12,15-16H,13-14,17-18H2,1-5H3,(H,32,38)(H,33,37);3-9,12-13H,10-11,14-15,27H2,1-2H3,(H,28,32). The zero-order chi connectivity index (χ0) is 53.5. The van der Waals surface area contributed by atoms with Crippen LogP contribution in [0.3, 0.4) is 0 Å². The van der Waals surface area contributed by atoms with Crippen molar-refractivity contribution in [2.75, 3.05) is 54.5 Å². The molecule has 4 aromatic carbocycles. The molecule has 0 radical (unpaired) electrons. The Hall–Kier alpha value is -7.43. The molecule has 0 spiro atoms. The molecule has 22 heteroatoms. The predicted molar refractivity (Wildman–Crippen MR) is 261 cm³/mol. The van der Waals surface area contributed by atoms with Crippen molar-refractivity contribution in [2.24, 2.45) is 5.73 Å². The average Bonchev–Trinajstić information content (AvgIpc) is 4.00. The van der Waals surface area contributed by atoms with Crippen molar-refractivity contribution < 1.29 is 54.9 Å². The lowest BCUT2D eigenvalue weighted by atomic mass is 10.2. The molecule has 6 aromatic rings. The highest BCUT2D eigenvalue weighted by atomic mass is 19.4. The van der Waals surface area contributed by atoms with Gasteiger partial charge >= 0.3 is 18.4 Å². The number of hydrogen-bond donors (Lipinski definition) is 4. The number of likely N-dealkylation sites (N-methyl/N-ethyl adjacent to an activating group) is 2. The lowest BCUT2D eigenvalue weighted by Crippen LogP contribution is -2.36. The van der Waals surface area contributed by atoms with Gasteiger partial charge in [-0.15, -0.1) is 0 Å². The summed E-state index contributed by atoms with van der Waals surface area (Å²) < 4.78 is 98.6. The highest BCUT2D eigenvalue weighted by Crippen LogP contribution is 2.31. The highest BCUT2D eigenvalue weighted by molar-refractivity contribution is 5.94. The summed E-state index contributed by atoms with van der Waals surface area (Å²) in [5, 5.41) is 15.4. The first-order chi connectivity index (χ1) is 34.5. The van der Waals surface area contributed by atoms with E-state index < -0.39 is 47.2 Å². The zero-order valence-corrected chi connectivity index (χ0v) is 41.5. The molecule has 0 aliphatic carbocycles. The number of aromatic nitrogens is 4. The predicted octanol–water partition coefficient (Wildman–Crippen LogP) is 8.01. The van der Waals surface area contributed by atoms with Gasteiger partial charge in [0.2, 0.25) is 0 Å². The molecule has 16 nitrogen and oxygen atoms in total. The minimum absolute atomic E-state index is 0.0531. The van der Waals surface area contributed by atoms with Crippen LogP contribution in [0.4, 0.5) is 31.1 Å². The van der Waals surface area contributed by atoms with Gasteiger partial charge in [0.05, 0.1) is 25.6 Å². The molecular formula is C51H60F6N10O6. The molecular weight excluding hydrogens is 963 g/mol. The van der Waals surface area contributed by atoms with Crippen LogP contribution in [0, 0.1) is 0 Å². The number of amides is 3. The van der Waals surface area contributed by atoms with Crippen molar-refractivity contribution in [3.63, 3.8) is 0 Å². The number of benzene rings is 4. The number of carbonyl (C=O) groups is 3. The number of alkyl halides is 6. The first-order valence-corrected chi connectivity index (χ1v) is 22.9. The van der Waals surface area contributed by atoms with Crippen molar-refractivity contribution in [3.05, 3.63) is 154 Å². The fourth-order valence-corrected chi connectivity index (χ4v) is 7.22. The molecule has 5 N–H and O–H groups in total. The topological polar surface area (TPSA) is 183 Å². The Balaban J connectivity index is 0.000000276. The first kappa shape index (κ1) is 56.5. The number of nitrogens with one attached hydrogen (secondary N) is 3. The van der Waals surface area contributed by atoms with E-state index in [9.17, 15) is 40.7 Å². The second-order valence-corrected chi connectivity index (χ2v) is 17.7. The van der Waals surface area contributed by atoms with Gasteiger partial charge in [0, 0.05) is 75.6 Å². The number of ether oxygens (including phenoxy) is 3. The van der Waals surface area contributed by atoms with Crippen molar-refractivity contribution in [1.29, 1.82) is 0 Å². The van der Waals surface area contributed by atoms with Gasteiger partial charge < -0.3 is 45.7 Å². The molecule has 2 aromatic heterocycles. The van der Waals surface area contributed by atoms with E-state index in [1.807, 2.05) is 36.0 Å². The number of para-hydroxylation sites is 2. The molecule has 2 heterocycles. The third-order valence-electron chi connectivity index (χ3n) is 10.6. The molecule has 3 amide bonds. The van der Waals surface area contributed by atoms with Gasteiger partial charge in [-0.3, -0.25) is 9.59 Å². The number of alkyl carbamates (subject to hydrolysis) is 1. The number of methoxy groups -OCH3 is 2. The van der Waals surface area contributed by atoms with Crippen LogP contribution >= 0.6 is 0 Å². The molecule has 0 fully saturated rings. The molecule has 0 atom stereocenters. The molecule has 392 valence electrons. The monoisotopic (exact) mass is 1020 g/mol. The lowest BCUT2D eigenvalue weighted by Gasteiger charge is -2.21. The highest BCUT2D eigenvalue weighted by Gasteiger charge is 2.37. The van der Waals surface area contributed by atoms with Crippen LogP contribution in [-0.4, -0.2) is 107 Å². The number of nitrogens with two attached hydrogens (primary N) is 1. The molecule has 0 aliphatic rings. The summed E-state index contributed by atoms with van der Waals surface area (Å²) in [5.74, 6) is -0.291. The van der Waals surface area contributed by atoms with Gasteiger partial charge in [-0.25, -0.2) is 14.2 Å². The second kappa shape index (κ2) is 25.3. The maximum atomic E-state index is 13.6. The van der Waals surface area contributed by atoms with E-state index in [1.165, 1.54) is 14.2 Å². The van der Waals surface area contributed by atoms with Crippen LogP contribution in [0.2, 0.25) is 0 Å². The zero-order valence-electron chi connectivity index (χ0n) is 41.5. The summed E-state index contributed by atoms with van der Waals surface area (Å²) in [6.07, 6.45) is -9.94. The number of carbonyl (C=O) groups excluding carboxylic acids is 3. The van der Waals surface area contributed by atoms with E-state index in [0.29, 0.717) is 73.3 Å². The summed E-state index contributed by atoms with van der Waals surface area (Å²) in [4.78, 5) is 41.7. The number of halogens is 6. The van der Waals surface area contributed by atoms with Gasteiger partial charge in [0.1, 0.15) is 28.5 Å². The fraction of sp³-hybridized carbons (Fsp3) is 0.353. The molecule has 0 unspecified atom stereocenters. The van der Waals surface area contributed by atoms with Crippen LogP contribution in [0.5, 0.6) is 11.5 Å². The van der Waals surface area contributed by atoms with Gasteiger partial charge in [-0.1, -0.05) is 60.7 Å². The molecule has 73 heavy (non-hydrogen) atoms. The van der Waals surface area contributed by atoms with E-state index >= 15 is 0 Å². The average molecular weight is 1020 g/mol. The third-order valence-corrected chi connectivity index (χ3v) is 10.6. The first-order valence-electron chi connectivity index (χ1n) is 22.9. The molecule has 0 aliphatic heterocycles. The van der Waals surface area contributed by atoms with Gasteiger partial charge in [-0.2, -0.15) is 36.5 Å². The van der Waals surface area contributed by atoms with E-state index in [2.05, 4.69) is 26.1 Å². The Morgan fingerprint density at radius 2 is 1.03 bits per heavy atom. The summed E-state index contributed by atoms with van der Waals surface area (Å²) in [6, 6.07) is 29.2. The van der Waals surface area contributed by atoms with E-state index in [1.54, 1.807) is 106 Å². The lowest BCUT2D eigenvalue weighted by molar-refractivity contribution is -0.142. The normalized spacial score (nSPS) is 11.7. The van der Waals surface area contributed by atoms with Crippen LogP contribution in [0.25, 0.3) is 11.4 Å².